The van der Waals surface area contributed by atoms with Crippen molar-refractivity contribution in [3.05, 3.63) is 24.1 Å². The average molecular weight is 152 g/mol. The second-order valence-corrected chi connectivity index (χ2v) is 2.12. The van der Waals surface area contributed by atoms with Gasteiger partial charge in [0, 0.05) is 0 Å². The first-order valence-electron chi connectivity index (χ1n) is 3.03. The summed E-state index contributed by atoms with van der Waals surface area (Å²) in [6.45, 7) is 0. The Hall–Kier alpha value is -1.65. The van der Waals surface area contributed by atoms with Crippen molar-refractivity contribution in [1.82, 2.24) is 14.6 Å². The van der Waals surface area contributed by atoms with Crippen molar-refractivity contribution in [3.8, 4) is 0 Å². The lowest BCUT2D eigenvalue weighted by molar-refractivity contribution is 0.615. The summed E-state index contributed by atoms with van der Waals surface area (Å²) in [5.41, 5.74) is 5.82. The zero-order chi connectivity index (χ0) is 7.84. The Morgan fingerprint density at radius 2 is 2.27 bits per heavy atom. The van der Waals surface area contributed by atoms with Gasteiger partial charge in [-0.05, 0) is 12.1 Å². The Morgan fingerprint density at radius 3 is 3.09 bits per heavy atom. The van der Waals surface area contributed by atoms with E-state index in [0.29, 0.717) is 5.65 Å². The zero-order valence-corrected chi connectivity index (χ0v) is 5.53. The molecule has 0 aliphatic rings. The van der Waals surface area contributed by atoms with E-state index >= 15 is 0 Å². The molecule has 0 aromatic carbocycles. The van der Waals surface area contributed by atoms with Crippen LogP contribution in [0, 0.1) is 5.82 Å². The Morgan fingerprint density at radius 1 is 1.45 bits per heavy atom. The highest BCUT2D eigenvalue weighted by molar-refractivity contribution is 5.40. The SMILES string of the molecule is Nc1nc2ccc(F)cn2n1. The molecule has 56 valence electrons. The van der Waals surface area contributed by atoms with Crippen LogP contribution in [0.4, 0.5) is 10.3 Å². The summed E-state index contributed by atoms with van der Waals surface area (Å²) in [5.74, 6) is -0.210. The summed E-state index contributed by atoms with van der Waals surface area (Å²) in [7, 11) is 0. The van der Waals surface area contributed by atoms with Crippen LogP contribution in [0.1, 0.15) is 0 Å². The molecule has 2 N–H and O–H groups in total. The molecule has 0 aliphatic heterocycles. The van der Waals surface area contributed by atoms with Crippen LogP contribution in [-0.2, 0) is 0 Å². The molecule has 0 radical (unpaired) electrons. The van der Waals surface area contributed by atoms with Crippen molar-refractivity contribution in [2.45, 2.75) is 0 Å². The predicted octanol–water partition coefficient (Wildman–Crippen LogP) is 0.451. The first-order chi connectivity index (χ1) is 5.25. The van der Waals surface area contributed by atoms with Crippen molar-refractivity contribution in [3.63, 3.8) is 0 Å². The molecule has 2 aromatic heterocycles. The molecule has 5 heteroatoms. The number of fused-ring (bicyclic) bond motifs is 1. The molecular formula is C6H5FN4. The standard InChI is InChI=1S/C6H5FN4/c7-4-1-2-5-9-6(8)10-11(5)3-4/h1-3H,(H2,8,10). The van der Waals surface area contributed by atoms with E-state index in [-0.39, 0.29) is 11.8 Å². The van der Waals surface area contributed by atoms with E-state index < -0.39 is 0 Å². The highest BCUT2D eigenvalue weighted by atomic mass is 19.1. The molecule has 2 heterocycles. The Kier molecular flexibility index (Phi) is 1.06. The van der Waals surface area contributed by atoms with E-state index in [1.54, 1.807) is 0 Å². The highest BCUT2D eigenvalue weighted by Crippen LogP contribution is 2.03. The molecule has 4 nitrogen and oxygen atoms in total. The predicted molar refractivity (Wildman–Crippen MR) is 37.4 cm³/mol. The number of anilines is 1. The van der Waals surface area contributed by atoms with Crippen LogP contribution >= 0.6 is 0 Å². The van der Waals surface area contributed by atoms with Crippen molar-refractivity contribution in [2.75, 3.05) is 5.73 Å². The summed E-state index contributed by atoms with van der Waals surface area (Å²) in [6.07, 6.45) is 1.22. The molecule has 0 bridgehead atoms. The normalized spacial score (nSPS) is 10.6. The summed E-state index contributed by atoms with van der Waals surface area (Å²) in [4.78, 5) is 3.82. The Bertz CT molecular complexity index is 394. The second kappa shape index (κ2) is 1.91. The van der Waals surface area contributed by atoms with Crippen LogP contribution in [0.2, 0.25) is 0 Å². The minimum absolute atomic E-state index is 0.149. The summed E-state index contributed by atoms with van der Waals surface area (Å²) in [6, 6.07) is 2.82. The van der Waals surface area contributed by atoms with Gasteiger partial charge >= 0.3 is 0 Å². The van der Waals surface area contributed by atoms with Gasteiger partial charge in [-0.2, -0.15) is 4.98 Å². The van der Waals surface area contributed by atoms with Crippen LogP contribution in [0.3, 0.4) is 0 Å². The van der Waals surface area contributed by atoms with E-state index in [1.807, 2.05) is 0 Å². The maximum absolute atomic E-state index is 12.5. The Labute approximate surface area is 61.5 Å². The Balaban J connectivity index is 2.82. The lowest BCUT2D eigenvalue weighted by atomic mass is 10.5. The number of hydrogen-bond donors (Lipinski definition) is 1. The monoisotopic (exact) mass is 152 g/mol. The van der Waals surface area contributed by atoms with Gasteiger partial charge in [-0.25, -0.2) is 8.91 Å². The number of aromatic nitrogens is 3. The first-order valence-corrected chi connectivity index (χ1v) is 3.03. The number of nitrogen functional groups attached to an aromatic ring is 1. The highest BCUT2D eigenvalue weighted by Gasteiger charge is 1.98. The third-order valence-electron chi connectivity index (χ3n) is 1.31. The van der Waals surface area contributed by atoms with Crippen LogP contribution in [0.15, 0.2) is 18.3 Å². The maximum Gasteiger partial charge on any atom is 0.240 e. The van der Waals surface area contributed by atoms with E-state index in [4.69, 9.17) is 5.73 Å². The zero-order valence-electron chi connectivity index (χ0n) is 5.53. The fourth-order valence-corrected chi connectivity index (χ4v) is 0.875. The molecular weight excluding hydrogens is 147 g/mol. The summed E-state index contributed by atoms with van der Waals surface area (Å²) >= 11 is 0. The maximum atomic E-state index is 12.5. The lowest BCUT2D eigenvalue weighted by Gasteiger charge is -1.88. The van der Waals surface area contributed by atoms with Crippen molar-refractivity contribution in [2.24, 2.45) is 0 Å². The van der Waals surface area contributed by atoms with E-state index in [2.05, 4.69) is 10.1 Å². The van der Waals surface area contributed by atoms with Gasteiger partial charge in [-0.15, -0.1) is 5.10 Å². The van der Waals surface area contributed by atoms with Gasteiger partial charge in [-0.3, -0.25) is 0 Å². The molecule has 0 amide bonds. The quantitative estimate of drug-likeness (QED) is 0.596. The number of rotatable bonds is 0. The topological polar surface area (TPSA) is 56.2 Å². The van der Waals surface area contributed by atoms with Crippen LogP contribution in [0.25, 0.3) is 5.65 Å². The molecule has 11 heavy (non-hydrogen) atoms. The van der Waals surface area contributed by atoms with Gasteiger partial charge < -0.3 is 5.73 Å². The molecule has 0 atom stereocenters. The lowest BCUT2D eigenvalue weighted by Crippen LogP contribution is -1.89. The van der Waals surface area contributed by atoms with Crippen molar-refractivity contribution in [1.29, 1.82) is 0 Å². The van der Waals surface area contributed by atoms with Gasteiger partial charge in [-0.1, -0.05) is 0 Å². The molecule has 0 unspecified atom stereocenters. The van der Waals surface area contributed by atoms with E-state index in [9.17, 15) is 4.39 Å². The number of nitrogens with zero attached hydrogens (tertiary/aromatic N) is 3. The molecule has 0 aliphatic carbocycles. The van der Waals surface area contributed by atoms with Crippen molar-refractivity contribution >= 4 is 11.6 Å². The third-order valence-corrected chi connectivity index (χ3v) is 1.31. The molecule has 2 aromatic rings. The van der Waals surface area contributed by atoms with Crippen molar-refractivity contribution < 1.29 is 4.39 Å². The van der Waals surface area contributed by atoms with Gasteiger partial charge in [0.05, 0.1) is 6.20 Å². The number of pyridine rings is 1. The molecule has 2 rings (SSSR count). The second-order valence-electron chi connectivity index (χ2n) is 2.12. The van der Waals surface area contributed by atoms with Gasteiger partial charge in [0.2, 0.25) is 5.95 Å². The summed E-state index contributed by atoms with van der Waals surface area (Å²) < 4.78 is 13.8. The minimum Gasteiger partial charge on any atom is -0.366 e. The van der Waals surface area contributed by atoms with Crippen LogP contribution in [-0.4, -0.2) is 14.6 Å². The van der Waals surface area contributed by atoms with Crippen LogP contribution < -0.4 is 5.73 Å². The van der Waals surface area contributed by atoms with E-state index in [0.717, 1.165) is 0 Å². The number of nitrogens with two attached hydrogens (primary N) is 1. The van der Waals surface area contributed by atoms with Gasteiger partial charge in [0.15, 0.2) is 5.65 Å². The number of halogens is 1. The smallest absolute Gasteiger partial charge is 0.240 e. The average Bonchev–Trinajstić information content (AvgIpc) is 2.27. The van der Waals surface area contributed by atoms with Crippen LogP contribution in [0.5, 0.6) is 0 Å². The fraction of sp³-hybridized carbons (Fsp3) is 0. The molecule has 0 spiro atoms. The third kappa shape index (κ3) is 0.899. The first kappa shape index (κ1) is 6.09. The largest absolute Gasteiger partial charge is 0.366 e. The summed E-state index contributed by atoms with van der Waals surface area (Å²) in [5, 5.41) is 3.72. The number of hydrogen-bond acceptors (Lipinski definition) is 3. The molecule has 0 fully saturated rings. The van der Waals surface area contributed by atoms with E-state index in [1.165, 1.54) is 22.8 Å². The fourth-order valence-electron chi connectivity index (χ4n) is 0.875. The van der Waals surface area contributed by atoms with Gasteiger partial charge in [0.25, 0.3) is 0 Å². The molecule has 0 saturated heterocycles. The minimum atomic E-state index is -0.359. The van der Waals surface area contributed by atoms with Gasteiger partial charge in [0.1, 0.15) is 5.82 Å². The molecule has 0 saturated carbocycles.